The number of tetrazole rings is 1. The van der Waals surface area contributed by atoms with E-state index in [-0.39, 0.29) is 0 Å². The molecule has 0 aliphatic heterocycles. The molecule has 0 aliphatic rings. The van der Waals surface area contributed by atoms with Gasteiger partial charge in [0, 0.05) is 19.4 Å². The van der Waals surface area contributed by atoms with Crippen LogP contribution >= 0.6 is 11.8 Å². The topological polar surface area (TPSA) is 64.9 Å². The van der Waals surface area contributed by atoms with Gasteiger partial charge in [-0.3, -0.25) is 0 Å². The van der Waals surface area contributed by atoms with E-state index < -0.39 is 0 Å². The van der Waals surface area contributed by atoms with Crippen molar-refractivity contribution in [3.63, 3.8) is 0 Å². The molecule has 92 valence electrons. The van der Waals surface area contributed by atoms with Crippen LogP contribution in [-0.2, 0) is 11.3 Å². The zero-order valence-corrected chi connectivity index (χ0v) is 10.7. The van der Waals surface area contributed by atoms with Crippen molar-refractivity contribution in [3.8, 4) is 0 Å². The lowest BCUT2D eigenvalue weighted by molar-refractivity contribution is 0.218. The Hall–Kier alpha value is -0.660. The summed E-state index contributed by atoms with van der Waals surface area (Å²) in [4.78, 5) is 0. The van der Waals surface area contributed by atoms with Crippen LogP contribution in [0.15, 0.2) is 5.16 Å². The molecule has 1 N–H and O–H groups in total. The maximum atomic E-state index is 4.98. The highest BCUT2D eigenvalue weighted by atomic mass is 32.2. The van der Waals surface area contributed by atoms with Crippen LogP contribution in [0.3, 0.4) is 0 Å². The van der Waals surface area contributed by atoms with Crippen molar-refractivity contribution in [2.75, 3.05) is 32.6 Å². The minimum absolute atomic E-state index is 0.714. The SMILES string of the molecule is CCCNCCn1nnnc1SCCOC. The lowest BCUT2D eigenvalue weighted by Gasteiger charge is -2.04. The third kappa shape index (κ3) is 4.91. The largest absolute Gasteiger partial charge is 0.384 e. The average Bonchev–Trinajstić information content (AvgIpc) is 2.73. The number of hydrogen-bond acceptors (Lipinski definition) is 6. The van der Waals surface area contributed by atoms with E-state index in [9.17, 15) is 0 Å². The molecular weight excluding hydrogens is 226 g/mol. The summed E-state index contributed by atoms with van der Waals surface area (Å²) in [5, 5.41) is 15.8. The van der Waals surface area contributed by atoms with E-state index in [0.717, 1.165) is 37.0 Å². The van der Waals surface area contributed by atoms with Crippen molar-refractivity contribution in [1.82, 2.24) is 25.5 Å². The fraction of sp³-hybridized carbons (Fsp3) is 0.889. The summed E-state index contributed by atoms with van der Waals surface area (Å²) in [5.41, 5.74) is 0. The van der Waals surface area contributed by atoms with Gasteiger partial charge in [0.05, 0.1) is 13.2 Å². The van der Waals surface area contributed by atoms with Gasteiger partial charge in [0.15, 0.2) is 0 Å². The Morgan fingerprint density at radius 1 is 1.44 bits per heavy atom. The number of methoxy groups -OCH3 is 1. The fourth-order valence-electron chi connectivity index (χ4n) is 1.14. The summed E-state index contributed by atoms with van der Waals surface area (Å²) in [7, 11) is 1.69. The fourth-order valence-corrected chi connectivity index (χ4v) is 1.95. The highest BCUT2D eigenvalue weighted by Crippen LogP contribution is 2.12. The van der Waals surface area contributed by atoms with Gasteiger partial charge < -0.3 is 10.1 Å². The molecule has 1 aromatic heterocycles. The second kappa shape index (κ2) is 8.49. The number of thioether (sulfide) groups is 1. The van der Waals surface area contributed by atoms with Gasteiger partial charge in [-0.1, -0.05) is 18.7 Å². The number of nitrogens with one attached hydrogen (secondary N) is 1. The molecule has 0 radical (unpaired) electrons. The lowest BCUT2D eigenvalue weighted by atomic mass is 10.5. The molecule has 0 unspecified atom stereocenters. The van der Waals surface area contributed by atoms with Crippen molar-refractivity contribution >= 4 is 11.8 Å². The zero-order chi connectivity index (χ0) is 11.6. The molecule has 1 aromatic rings. The van der Waals surface area contributed by atoms with Crippen LogP contribution in [0.1, 0.15) is 13.3 Å². The minimum atomic E-state index is 0.714. The van der Waals surface area contributed by atoms with Gasteiger partial charge in [0.1, 0.15) is 0 Å². The van der Waals surface area contributed by atoms with Crippen LogP contribution in [0.4, 0.5) is 0 Å². The van der Waals surface area contributed by atoms with E-state index >= 15 is 0 Å². The van der Waals surface area contributed by atoms with Gasteiger partial charge in [0.25, 0.3) is 0 Å². The van der Waals surface area contributed by atoms with Gasteiger partial charge in [-0.25, -0.2) is 4.68 Å². The second-order valence-corrected chi connectivity index (χ2v) is 4.34. The van der Waals surface area contributed by atoms with Crippen LogP contribution in [0.5, 0.6) is 0 Å². The molecular formula is C9H19N5OS. The molecule has 1 heterocycles. The monoisotopic (exact) mass is 245 g/mol. The highest BCUT2D eigenvalue weighted by molar-refractivity contribution is 7.99. The number of ether oxygens (including phenoxy) is 1. The normalized spacial score (nSPS) is 10.9. The number of rotatable bonds is 9. The van der Waals surface area contributed by atoms with Gasteiger partial charge in [0.2, 0.25) is 5.16 Å². The number of nitrogens with zero attached hydrogens (tertiary/aromatic N) is 4. The summed E-state index contributed by atoms with van der Waals surface area (Å²) in [6.45, 7) is 5.61. The van der Waals surface area contributed by atoms with E-state index in [4.69, 9.17) is 4.74 Å². The molecule has 0 spiro atoms. The van der Waals surface area contributed by atoms with E-state index in [1.807, 2.05) is 4.68 Å². The summed E-state index contributed by atoms with van der Waals surface area (Å²) in [5.74, 6) is 0.874. The first-order valence-electron chi connectivity index (χ1n) is 5.47. The smallest absolute Gasteiger partial charge is 0.209 e. The first kappa shape index (κ1) is 13.4. The van der Waals surface area contributed by atoms with Crippen molar-refractivity contribution in [3.05, 3.63) is 0 Å². The third-order valence-corrected chi connectivity index (χ3v) is 2.87. The maximum absolute atomic E-state index is 4.98. The summed E-state index contributed by atoms with van der Waals surface area (Å²) < 4.78 is 6.80. The lowest BCUT2D eigenvalue weighted by Crippen LogP contribution is -2.21. The van der Waals surface area contributed by atoms with Crippen molar-refractivity contribution < 1.29 is 4.74 Å². The number of hydrogen-bond donors (Lipinski definition) is 1. The molecule has 0 aromatic carbocycles. The molecule has 1 rings (SSSR count). The second-order valence-electron chi connectivity index (χ2n) is 3.28. The molecule has 0 aliphatic carbocycles. The van der Waals surface area contributed by atoms with Gasteiger partial charge in [-0.05, 0) is 23.4 Å². The minimum Gasteiger partial charge on any atom is -0.384 e. The molecule has 0 saturated carbocycles. The molecule has 7 heteroatoms. The standard InChI is InChI=1S/C9H19N5OS/c1-3-4-10-5-6-14-9(11-12-13-14)16-8-7-15-2/h10H,3-8H2,1-2H3. The first-order valence-corrected chi connectivity index (χ1v) is 6.45. The van der Waals surface area contributed by atoms with Gasteiger partial charge in [-0.2, -0.15) is 0 Å². The van der Waals surface area contributed by atoms with Crippen LogP contribution < -0.4 is 5.32 Å². The predicted molar refractivity (Wildman–Crippen MR) is 63.6 cm³/mol. The first-order chi connectivity index (χ1) is 7.88. The van der Waals surface area contributed by atoms with Gasteiger partial charge in [-0.15, -0.1) is 5.10 Å². The quantitative estimate of drug-likeness (QED) is 0.502. The van der Waals surface area contributed by atoms with Crippen LogP contribution in [0, 0.1) is 0 Å². The van der Waals surface area contributed by atoms with E-state index in [2.05, 4.69) is 27.8 Å². The number of aromatic nitrogens is 4. The van der Waals surface area contributed by atoms with Crippen LogP contribution in [0.25, 0.3) is 0 Å². The zero-order valence-electron chi connectivity index (χ0n) is 9.85. The Labute approximate surface area is 100 Å². The van der Waals surface area contributed by atoms with E-state index in [1.54, 1.807) is 18.9 Å². The summed E-state index contributed by atoms with van der Waals surface area (Å²) in [6.07, 6.45) is 1.14. The van der Waals surface area contributed by atoms with Gasteiger partial charge >= 0.3 is 0 Å². The van der Waals surface area contributed by atoms with Crippen molar-refractivity contribution in [2.24, 2.45) is 0 Å². The maximum Gasteiger partial charge on any atom is 0.209 e. The molecule has 6 nitrogen and oxygen atoms in total. The Kier molecular flexibility index (Phi) is 7.11. The van der Waals surface area contributed by atoms with E-state index in [0.29, 0.717) is 6.61 Å². The predicted octanol–water partition coefficient (Wildman–Crippen LogP) is 0.411. The van der Waals surface area contributed by atoms with Crippen molar-refractivity contribution in [1.29, 1.82) is 0 Å². The summed E-state index contributed by atoms with van der Waals surface area (Å²) >= 11 is 1.62. The summed E-state index contributed by atoms with van der Waals surface area (Å²) in [6, 6.07) is 0. The highest BCUT2D eigenvalue weighted by Gasteiger charge is 2.05. The molecule has 0 fully saturated rings. The average molecular weight is 245 g/mol. The van der Waals surface area contributed by atoms with Crippen LogP contribution in [0.2, 0.25) is 0 Å². The third-order valence-electron chi connectivity index (χ3n) is 1.94. The molecule has 0 atom stereocenters. The van der Waals surface area contributed by atoms with Crippen LogP contribution in [-0.4, -0.2) is 52.8 Å². The molecule has 0 bridgehead atoms. The molecule has 0 saturated heterocycles. The molecule has 16 heavy (non-hydrogen) atoms. The molecule has 0 amide bonds. The Balaban J connectivity index is 2.26. The Bertz CT molecular complexity index is 281. The Morgan fingerprint density at radius 2 is 2.31 bits per heavy atom. The van der Waals surface area contributed by atoms with Crippen molar-refractivity contribution in [2.45, 2.75) is 25.0 Å². The van der Waals surface area contributed by atoms with E-state index in [1.165, 1.54) is 0 Å². The Morgan fingerprint density at radius 3 is 3.06 bits per heavy atom.